The van der Waals surface area contributed by atoms with E-state index in [1.807, 2.05) is 25.1 Å². The molecule has 1 aromatic rings. The summed E-state index contributed by atoms with van der Waals surface area (Å²) in [7, 11) is 1.63. The Morgan fingerprint density at radius 1 is 1.50 bits per heavy atom. The molecule has 4 nitrogen and oxygen atoms in total. The molecule has 0 aromatic heterocycles. The first-order chi connectivity index (χ1) is 9.58. The quantitative estimate of drug-likeness (QED) is 0.725. The highest BCUT2D eigenvalue weighted by molar-refractivity contribution is 6.31. The predicted octanol–water partition coefficient (Wildman–Crippen LogP) is 2.52. The number of nitrogens with one attached hydrogen (secondary N) is 1. The van der Waals surface area contributed by atoms with Gasteiger partial charge < -0.3 is 15.8 Å². The van der Waals surface area contributed by atoms with E-state index in [4.69, 9.17) is 22.1 Å². The summed E-state index contributed by atoms with van der Waals surface area (Å²) in [6.45, 7) is 2.54. The maximum Gasteiger partial charge on any atom is 0.219 e. The highest BCUT2D eigenvalue weighted by Crippen LogP contribution is 2.28. The van der Waals surface area contributed by atoms with Crippen LogP contribution in [0.5, 0.6) is 5.75 Å². The lowest BCUT2D eigenvalue weighted by atomic mass is 10.0. The smallest absolute Gasteiger partial charge is 0.219 e. The Morgan fingerprint density at radius 3 is 2.90 bits per heavy atom. The Morgan fingerprint density at radius 2 is 2.25 bits per heavy atom. The van der Waals surface area contributed by atoms with Gasteiger partial charge in [0.05, 0.1) is 6.61 Å². The van der Waals surface area contributed by atoms with Crippen molar-refractivity contribution in [2.24, 2.45) is 5.73 Å². The summed E-state index contributed by atoms with van der Waals surface area (Å²) in [5.41, 5.74) is 6.94. The third-order valence-corrected chi connectivity index (χ3v) is 3.51. The molecule has 0 fully saturated rings. The lowest BCUT2D eigenvalue weighted by Gasteiger charge is -2.15. The molecule has 1 rings (SSSR count). The molecule has 1 atom stereocenters. The largest absolute Gasteiger partial charge is 0.493 e. The predicted molar refractivity (Wildman–Crippen MR) is 82.2 cm³/mol. The molecule has 0 bridgehead atoms. The van der Waals surface area contributed by atoms with Gasteiger partial charge in [0.2, 0.25) is 5.91 Å². The van der Waals surface area contributed by atoms with Gasteiger partial charge in [-0.15, -0.1) is 0 Å². The molecule has 0 saturated heterocycles. The summed E-state index contributed by atoms with van der Waals surface area (Å²) in [6.07, 6.45) is 2.72. The average Bonchev–Trinajstić information content (AvgIpc) is 2.46. The van der Waals surface area contributed by atoms with Gasteiger partial charge in [0.15, 0.2) is 0 Å². The standard InChI is InChI=1S/C15H23ClN2O2/c1-3-11(17)10-12-13(16)6-4-7-14(12)20-9-5-8-15(19)18-2/h4,6-7,11H,3,5,8-10,17H2,1-2H3,(H,18,19). The van der Waals surface area contributed by atoms with Crippen molar-refractivity contribution < 1.29 is 9.53 Å². The fraction of sp³-hybridized carbons (Fsp3) is 0.533. The van der Waals surface area contributed by atoms with Gasteiger partial charge in [0.1, 0.15) is 5.75 Å². The molecule has 5 heteroatoms. The van der Waals surface area contributed by atoms with Crippen LogP contribution in [0, 0.1) is 0 Å². The third-order valence-electron chi connectivity index (χ3n) is 3.15. The fourth-order valence-corrected chi connectivity index (χ4v) is 2.06. The second-order valence-electron chi connectivity index (χ2n) is 4.71. The molecule has 1 amide bonds. The number of hydrogen-bond acceptors (Lipinski definition) is 3. The molecular weight excluding hydrogens is 276 g/mol. The Hall–Kier alpha value is -1.26. The number of benzene rings is 1. The van der Waals surface area contributed by atoms with Crippen molar-refractivity contribution in [2.75, 3.05) is 13.7 Å². The van der Waals surface area contributed by atoms with E-state index < -0.39 is 0 Å². The summed E-state index contributed by atoms with van der Waals surface area (Å²) in [4.78, 5) is 11.1. The number of halogens is 1. The van der Waals surface area contributed by atoms with Crippen LogP contribution >= 0.6 is 11.6 Å². The molecule has 1 aromatic carbocycles. The Balaban J connectivity index is 2.60. The van der Waals surface area contributed by atoms with E-state index in [-0.39, 0.29) is 11.9 Å². The topological polar surface area (TPSA) is 64.3 Å². The molecular formula is C15H23ClN2O2. The molecule has 112 valence electrons. The van der Waals surface area contributed by atoms with Gasteiger partial charge in [0.25, 0.3) is 0 Å². The van der Waals surface area contributed by atoms with Crippen LogP contribution < -0.4 is 15.8 Å². The average molecular weight is 299 g/mol. The minimum Gasteiger partial charge on any atom is -0.493 e. The number of hydrogen-bond donors (Lipinski definition) is 2. The number of ether oxygens (including phenoxy) is 1. The van der Waals surface area contributed by atoms with Crippen LogP contribution in [0.15, 0.2) is 18.2 Å². The number of amides is 1. The van der Waals surface area contributed by atoms with E-state index >= 15 is 0 Å². The highest BCUT2D eigenvalue weighted by atomic mass is 35.5. The minimum absolute atomic E-state index is 0.0212. The molecule has 0 aliphatic heterocycles. The van der Waals surface area contributed by atoms with Crippen LogP contribution in [0.25, 0.3) is 0 Å². The maximum atomic E-state index is 11.1. The minimum atomic E-state index is 0.0212. The summed E-state index contributed by atoms with van der Waals surface area (Å²) in [5.74, 6) is 0.784. The SMILES string of the molecule is CCC(N)Cc1c(Cl)cccc1OCCCC(=O)NC. The zero-order valence-electron chi connectivity index (χ0n) is 12.1. The van der Waals surface area contributed by atoms with Gasteiger partial charge in [-0.3, -0.25) is 4.79 Å². The molecule has 0 saturated carbocycles. The lowest BCUT2D eigenvalue weighted by molar-refractivity contribution is -0.120. The van der Waals surface area contributed by atoms with Crippen molar-refractivity contribution in [3.05, 3.63) is 28.8 Å². The fourth-order valence-electron chi connectivity index (χ4n) is 1.82. The van der Waals surface area contributed by atoms with Gasteiger partial charge in [-0.25, -0.2) is 0 Å². The van der Waals surface area contributed by atoms with E-state index in [9.17, 15) is 4.79 Å². The molecule has 0 radical (unpaired) electrons. The van der Waals surface area contributed by atoms with Crippen molar-refractivity contribution in [1.29, 1.82) is 0 Å². The van der Waals surface area contributed by atoms with Crippen LogP contribution in [0.3, 0.4) is 0 Å². The highest BCUT2D eigenvalue weighted by Gasteiger charge is 2.11. The van der Waals surface area contributed by atoms with Gasteiger partial charge in [-0.05, 0) is 31.4 Å². The summed E-state index contributed by atoms with van der Waals surface area (Å²) in [6, 6.07) is 5.67. The van der Waals surface area contributed by atoms with Crippen molar-refractivity contribution >= 4 is 17.5 Å². The Kier molecular flexibility index (Phi) is 7.41. The van der Waals surface area contributed by atoms with E-state index in [0.29, 0.717) is 30.9 Å². The summed E-state index contributed by atoms with van der Waals surface area (Å²) in [5, 5.41) is 3.26. The first-order valence-corrected chi connectivity index (χ1v) is 7.32. The number of carbonyl (C=O) groups excluding carboxylic acids is 1. The zero-order chi connectivity index (χ0) is 15.0. The van der Waals surface area contributed by atoms with Crippen LogP contribution in [0.2, 0.25) is 5.02 Å². The monoisotopic (exact) mass is 298 g/mol. The molecule has 0 heterocycles. The number of carbonyl (C=O) groups is 1. The summed E-state index contributed by atoms with van der Waals surface area (Å²) < 4.78 is 5.74. The normalized spacial score (nSPS) is 12.0. The third kappa shape index (κ3) is 5.39. The second kappa shape index (κ2) is 8.82. The van der Waals surface area contributed by atoms with Crippen molar-refractivity contribution in [2.45, 2.75) is 38.6 Å². The van der Waals surface area contributed by atoms with Crippen molar-refractivity contribution in [3.8, 4) is 5.75 Å². The van der Waals surface area contributed by atoms with E-state index in [0.717, 1.165) is 17.7 Å². The van der Waals surface area contributed by atoms with Crippen molar-refractivity contribution in [1.82, 2.24) is 5.32 Å². The second-order valence-corrected chi connectivity index (χ2v) is 5.12. The maximum absolute atomic E-state index is 11.1. The van der Waals surface area contributed by atoms with Gasteiger partial charge in [-0.1, -0.05) is 24.6 Å². The van der Waals surface area contributed by atoms with Crippen LogP contribution in [-0.4, -0.2) is 25.6 Å². The van der Waals surface area contributed by atoms with E-state index in [1.165, 1.54) is 0 Å². The van der Waals surface area contributed by atoms with E-state index in [2.05, 4.69) is 5.32 Å². The summed E-state index contributed by atoms with van der Waals surface area (Å²) >= 11 is 6.22. The first-order valence-electron chi connectivity index (χ1n) is 6.94. The zero-order valence-corrected chi connectivity index (χ0v) is 12.9. The van der Waals surface area contributed by atoms with Crippen LogP contribution in [0.4, 0.5) is 0 Å². The molecule has 0 spiro atoms. The molecule has 0 aliphatic carbocycles. The van der Waals surface area contributed by atoms with Crippen molar-refractivity contribution in [3.63, 3.8) is 0 Å². The van der Waals surface area contributed by atoms with Gasteiger partial charge in [0, 0.05) is 30.1 Å². The van der Waals surface area contributed by atoms with Crippen LogP contribution in [-0.2, 0) is 11.2 Å². The number of rotatable bonds is 8. The molecule has 0 aliphatic rings. The Labute approximate surface area is 125 Å². The lowest BCUT2D eigenvalue weighted by Crippen LogP contribution is -2.22. The van der Waals surface area contributed by atoms with Gasteiger partial charge >= 0.3 is 0 Å². The Bertz CT molecular complexity index is 438. The first kappa shape index (κ1) is 16.8. The van der Waals surface area contributed by atoms with Gasteiger partial charge in [-0.2, -0.15) is 0 Å². The molecule has 3 N–H and O–H groups in total. The van der Waals surface area contributed by atoms with E-state index in [1.54, 1.807) is 7.05 Å². The van der Waals surface area contributed by atoms with Crippen LogP contribution in [0.1, 0.15) is 31.7 Å². The molecule has 20 heavy (non-hydrogen) atoms. The number of nitrogens with two attached hydrogens (primary N) is 1. The molecule has 1 unspecified atom stereocenters.